The van der Waals surface area contributed by atoms with Gasteiger partial charge in [0.2, 0.25) is 0 Å². The summed E-state index contributed by atoms with van der Waals surface area (Å²) in [5.41, 5.74) is 11.8. The molecular weight excluding hydrogens is 206 g/mol. The lowest BCUT2D eigenvalue weighted by Gasteiger charge is -2.03. The Morgan fingerprint density at radius 2 is 2.19 bits per heavy atom. The predicted molar refractivity (Wildman–Crippen MR) is 61.5 cm³/mol. The smallest absolute Gasteiger partial charge is 0.273 e. The van der Waals surface area contributed by atoms with E-state index in [0.29, 0.717) is 6.54 Å². The lowest BCUT2D eigenvalue weighted by atomic mass is 10.2. The quantitative estimate of drug-likeness (QED) is 0.722. The number of hydrogen-bond donors (Lipinski definition) is 2. The second-order valence-electron chi connectivity index (χ2n) is 3.21. The van der Waals surface area contributed by atoms with Gasteiger partial charge in [0.05, 0.1) is 6.54 Å². The zero-order valence-corrected chi connectivity index (χ0v) is 9.34. The van der Waals surface area contributed by atoms with Gasteiger partial charge < -0.3 is 11.5 Å². The molecule has 1 heterocycles. The van der Waals surface area contributed by atoms with Crippen molar-refractivity contribution in [3.05, 3.63) is 29.5 Å². The molecule has 0 aliphatic heterocycles. The summed E-state index contributed by atoms with van der Waals surface area (Å²) in [6, 6.07) is 0. The topological polar surface area (TPSA) is 99.8 Å². The number of nitrogens with two attached hydrogens (primary N) is 2. The molecule has 86 valence electrons. The highest BCUT2D eigenvalue weighted by Crippen LogP contribution is 2.10. The normalized spacial score (nSPS) is 12.2. The van der Waals surface area contributed by atoms with Gasteiger partial charge in [-0.05, 0) is 19.4 Å². The zero-order chi connectivity index (χ0) is 12.1. The molecule has 6 heteroatoms. The van der Waals surface area contributed by atoms with Crippen LogP contribution in [0, 0.1) is 0 Å². The molecule has 1 aromatic rings. The van der Waals surface area contributed by atoms with E-state index >= 15 is 0 Å². The Hall–Kier alpha value is -2.11. The maximum Gasteiger partial charge on any atom is 0.273 e. The van der Waals surface area contributed by atoms with Crippen molar-refractivity contribution in [1.29, 1.82) is 0 Å². The van der Waals surface area contributed by atoms with Gasteiger partial charge in [0.1, 0.15) is 0 Å². The lowest BCUT2D eigenvalue weighted by Crippen LogP contribution is -2.15. The number of aromatic nitrogens is 3. The molecule has 0 saturated heterocycles. The highest BCUT2D eigenvalue weighted by molar-refractivity contribution is 5.94. The first kappa shape index (κ1) is 12.0. The number of rotatable bonds is 4. The van der Waals surface area contributed by atoms with Gasteiger partial charge in [-0.25, -0.2) is 4.68 Å². The summed E-state index contributed by atoms with van der Waals surface area (Å²) in [5.74, 6) is -0.479. The average molecular weight is 221 g/mol. The van der Waals surface area contributed by atoms with Gasteiger partial charge in [-0.15, -0.1) is 5.10 Å². The summed E-state index contributed by atoms with van der Waals surface area (Å²) in [4.78, 5) is 10.9. The van der Waals surface area contributed by atoms with E-state index in [1.54, 1.807) is 0 Å². The minimum atomic E-state index is -0.670. The Morgan fingerprint density at radius 3 is 2.62 bits per heavy atom. The predicted octanol–water partition coefficient (Wildman–Crippen LogP) is 0.482. The summed E-state index contributed by atoms with van der Waals surface area (Å²) >= 11 is 0. The van der Waals surface area contributed by atoms with Crippen molar-refractivity contribution in [2.24, 2.45) is 5.73 Å². The van der Waals surface area contributed by atoms with E-state index in [9.17, 15) is 4.79 Å². The number of anilines is 1. The van der Waals surface area contributed by atoms with Crippen molar-refractivity contribution in [1.82, 2.24) is 15.0 Å². The number of nitrogens with zero attached hydrogens (tertiary/aromatic N) is 3. The van der Waals surface area contributed by atoms with Crippen LogP contribution in [-0.2, 0) is 6.54 Å². The summed E-state index contributed by atoms with van der Waals surface area (Å²) in [5, 5.41) is 7.40. The van der Waals surface area contributed by atoms with Crippen LogP contribution in [0.4, 0.5) is 5.82 Å². The molecule has 0 spiro atoms. The summed E-state index contributed by atoms with van der Waals surface area (Å²) in [6.45, 7) is 4.30. The minimum absolute atomic E-state index is 0.0101. The van der Waals surface area contributed by atoms with Crippen LogP contribution in [0.15, 0.2) is 23.8 Å². The van der Waals surface area contributed by atoms with E-state index in [1.165, 1.54) is 4.68 Å². The second-order valence-corrected chi connectivity index (χ2v) is 3.21. The van der Waals surface area contributed by atoms with Crippen molar-refractivity contribution in [3.8, 4) is 0 Å². The molecule has 0 bridgehead atoms. The molecule has 0 saturated carbocycles. The molecule has 0 atom stereocenters. The highest BCUT2D eigenvalue weighted by atomic mass is 16.1. The van der Waals surface area contributed by atoms with Crippen LogP contribution in [0.1, 0.15) is 24.3 Å². The highest BCUT2D eigenvalue weighted by Gasteiger charge is 2.14. The van der Waals surface area contributed by atoms with Gasteiger partial charge in [0.15, 0.2) is 11.5 Å². The average Bonchev–Trinajstić information content (AvgIpc) is 2.60. The van der Waals surface area contributed by atoms with Crippen molar-refractivity contribution in [2.45, 2.75) is 20.4 Å². The van der Waals surface area contributed by atoms with Crippen LogP contribution in [0.2, 0.25) is 0 Å². The monoisotopic (exact) mass is 221 g/mol. The standard InChI is InChI=1S/C10H15N5O/c1-3-5-7(4-2)6-15-9(11)8(10(12)16)13-14-15/h3-5H,6,11H2,1-2H3,(H2,12,16)/b5-3-,7-4+. The number of amides is 1. The fraction of sp³-hybridized carbons (Fsp3) is 0.300. The number of carbonyl (C=O) groups is 1. The number of carbonyl (C=O) groups excluding carboxylic acids is 1. The fourth-order valence-corrected chi connectivity index (χ4v) is 1.24. The van der Waals surface area contributed by atoms with Gasteiger partial charge in [-0.3, -0.25) is 4.79 Å². The van der Waals surface area contributed by atoms with Crippen molar-refractivity contribution in [2.75, 3.05) is 5.73 Å². The summed E-state index contributed by atoms with van der Waals surface area (Å²) < 4.78 is 1.44. The molecule has 4 N–H and O–H groups in total. The first-order chi connectivity index (χ1) is 7.60. The Kier molecular flexibility index (Phi) is 3.82. The van der Waals surface area contributed by atoms with Crippen LogP contribution in [0.5, 0.6) is 0 Å². The number of nitrogen functional groups attached to an aromatic ring is 1. The van der Waals surface area contributed by atoms with Crippen molar-refractivity contribution in [3.63, 3.8) is 0 Å². The van der Waals surface area contributed by atoms with Gasteiger partial charge in [0, 0.05) is 0 Å². The van der Waals surface area contributed by atoms with E-state index in [1.807, 2.05) is 32.1 Å². The van der Waals surface area contributed by atoms with Crippen molar-refractivity contribution >= 4 is 11.7 Å². The third-order valence-corrected chi connectivity index (χ3v) is 2.09. The molecule has 0 radical (unpaired) electrons. The third kappa shape index (κ3) is 2.47. The van der Waals surface area contributed by atoms with Crippen LogP contribution in [-0.4, -0.2) is 20.9 Å². The Bertz CT molecular complexity index is 444. The maximum atomic E-state index is 10.9. The molecule has 1 amide bonds. The minimum Gasteiger partial charge on any atom is -0.382 e. The molecule has 0 aliphatic carbocycles. The van der Waals surface area contributed by atoms with Gasteiger partial charge >= 0.3 is 0 Å². The SMILES string of the molecule is C/C=C\C(=C/C)Cn1nnc(C(N)=O)c1N. The van der Waals surface area contributed by atoms with E-state index in [-0.39, 0.29) is 11.5 Å². The molecule has 1 aromatic heterocycles. The zero-order valence-electron chi connectivity index (χ0n) is 9.34. The van der Waals surface area contributed by atoms with Gasteiger partial charge in [-0.2, -0.15) is 0 Å². The first-order valence-electron chi connectivity index (χ1n) is 4.86. The van der Waals surface area contributed by atoms with Gasteiger partial charge in [0.25, 0.3) is 5.91 Å². The van der Waals surface area contributed by atoms with E-state index in [2.05, 4.69) is 10.3 Å². The lowest BCUT2D eigenvalue weighted by molar-refractivity contribution is 0.0996. The maximum absolute atomic E-state index is 10.9. The summed E-state index contributed by atoms with van der Waals surface area (Å²) in [6.07, 6.45) is 5.79. The van der Waals surface area contributed by atoms with Crippen LogP contribution in [0.3, 0.4) is 0 Å². The first-order valence-corrected chi connectivity index (χ1v) is 4.86. The molecule has 6 nitrogen and oxygen atoms in total. The molecule has 16 heavy (non-hydrogen) atoms. The third-order valence-electron chi connectivity index (χ3n) is 2.09. The summed E-state index contributed by atoms with van der Waals surface area (Å²) in [7, 11) is 0. The van der Waals surface area contributed by atoms with Crippen LogP contribution >= 0.6 is 0 Å². The fourth-order valence-electron chi connectivity index (χ4n) is 1.24. The number of primary amides is 1. The molecule has 0 aromatic carbocycles. The Balaban J connectivity index is 2.94. The van der Waals surface area contributed by atoms with Crippen LogP contribution < -0.4 is 11.5 Å². The van der Waals surface area contributed by atoms with Crippen molar-refractivity contribution < 1.29 is 4.79 Å². The molecule has 0 unspecified atom stereocenters. The molecule has 0 aliphatic rings. The van der Waals surface area contributed by atoms with Crippen LogP contribution in [0.25, 0.3) is 0 Å². The largest absolute Gasteiger partial charge is 0.382 e. The van der Waals surface area contributed by atoms with Gasteiger partial charge in [-0.1, -0.05) is 23.4 Å². The molecular formula is C10H15N5O. The Labute approximate surface area is 93.6 Å². The second kappa shape index (κ2) is 5.11. The van der Waals surface area contributed by atoms with E-state index in [4.69, 9.17) is 11.5 Å². The number of allylic oxidation sites excluding steroid dienone is 4. The molecule has 0 fully saturated rings. The van der Waals surface area contributed by atoms with E-state index < -0.39 is 5.91 Å². The Morgan fingerprint density at radius 1 is 1.50 bits per heavy atom. The number of hydrogen-bond acceptors (Lipinski definition) is 4. The molecule has 1 rings (SSSR count). The van der Waals surface area contributed by atoms with E-state index in [0.717, 1.165) is 5.57 Å².